The van der Waals surface area contributed by atoms with E-state index in [9.17, 15) is 8.60 Å². The van der Waals surface area contributed by atoms with Gasteiger partial charge >= 0.3 is 0 Å². The highest BCUT2D eigenvalue weighted by molar-refractivity contribution is 7.84. The number of hydrogen-bond donors (Lipinski definition) is 0. The lowest BCUT2D eigenvalue weighted by Crippen LogP contribution is -2.08. The quantitative estimate of drug-likeness (QED) is 0.798. The van der Waals surface area contributed by atoms with Crippen molar-refractivity contribution in [3.05, 3.63) is 65.5 Å². The van der Waals surface area contributed by atoms with Crippen LogP contribution in [0.5, 0.6) is 5.75 Å². The van der Waals surface area contributed by atoms with Crippen molar-refractivity contribution < 1.29 is 13.3 Å². The maximum absolute atomic E-state index is 13.8. The minimum atomic E-state index is -1.21. The van der Waals surface area contributed by atoms with Crippen molar-refractivity contribution in [1.82, 2.24) is 0 Å². The molecule has 2 aromatic rings. The van der Waals surface area contributed by atoms with Crippen molar-refractivity contribution in [2.24, 2.45) is 0 Å². The summed E-state index contributed by atoms with van der Waals surface area (Å²) < 4.78 is 31.8. The highest BCUT2D eigenvalue weighted by atomic mass is 32.2. The van der Waals surface area contributed by atoms with Crippen LogP contribution < -0.4 is 4.74 Å². The standard InChI is InChI=1S/C17H19FO2S/c1-3-20-17-11-7-4-8-14(17)12-21(19)13(2)15-9-5-6-10-16(15)18/h4-11,13H,3,12H2,1-2H3/t13-,21-/m1/s1. The Morgan fingerprint density at radius 3 is 2.52 bits per heavy atom. The van der Waals surface area contributed by atoms with Crippen molar-refractivity contribution in [3.8, 4) is 5.75 Å². The fraction of sp³-hybridized carbons (Fsp3) is 0.294. The summed E-state index contributed by atoms with van der Waals surface area (Å²) in [4.78, 5) is 0. The number of halogens is 1. The summed E-state index contributed by atoms with van der Waals surface area (Å²) in [7, 11) is -1.21. The molecule has 0 radical (unpaired) electrons. The summed E-state index contributed by atoms with van der Waals surface area (Å²) in [6.45, 7) is 4.26. The van der Waals surface area contributed by atoms with E-state index in [1.54, 1.807) is 25.1 Å². The first kappa shape index (κ1) is 15.7. The summed E-state index contributed by atoms with van der Waals surface area (Å²) in [5.74, 6) is 0.789. The Morgan fingerprint density at radius 2 is 1.81 bits per heavy atom. The molecule has 0 aliphatic rings. The van der Waals surface area contributed by atoms with E-state index in [4.69, 9.17) is 4.74 Å². The average molecular weight is 306 g/mol. The van der Waals surface area contributed by atoms with Gasteiger partial charge in [0.1, 0.15) is 11.6 Å². The van der Waals surface area contributed by atoms with Crippen LogP contribution in [0.2, 0.25) is 0 Å². The number of ether oxygens (including phenoxy) is 1. The van der Waals surface area contributed by atoms with Crippen LogP contribution >= 0.6 is 0 Å². The summed E-state index contributed by atoms with van der Waals surface area (Å²) in [5.41, 5.74) is 1.38. The SMILES string of the molecule is CCOc1ccccc1C[S@@](=O)[C@H](C)c1ccccc1F. The van der Waals surface area contributed by atoms with Crippen LogP contribution in [0.25, 0.3) is 0 Å². The zero-order valence-electron chi connectivity index (χ0n) is 12.2. The molecule has 2 nitrogen and oxygen atoms in total. The minimum absolute atomic E-state index is 0.309. The molecule has 21 heavy (non-hydrogen) atoms. The van der Waals surface area contributed by atoms with E-state index >= 15 is 0 Å². The molecule has 0 bridgehead atoms. The van der Waals surface area contributed by atoms with Crippen LogP contribution in [-0.2, 0) is 16.6 Å². The monoisotopic (exact) mass is 306 g/mol. The molecule has 2 aromatic carbocycles. The maximum Gasteiger partial charge on any atom is 0.127 e. The lowest BCUT2D eigenvalue weighted by molar-refractivity contribution is 0.337. The molecule has 0 aromatic heterocycles. The zero-order valence-corrected chi connectivity index (χ0v) is 13.0. The molecule has 2 rings (SSSR count). The van der Waals surface area contributed by atoms with E-state index in [1.165, 1.54) is 6.07 Å². The molecule has 0 amide bonds. The van der Waals surface area contributed by atoms with Gasteiger partial charge in [0.2, 0.25) is 0 Å². The van der Waals surface area contributed by atoms with E-state index in [2.05, 4.69) is 0 Å². The van der Waals surface area contributed by atoms with Crippen LogP contribution in [0.4, 0.5) is 4.39 Å². The summed E-state index contributed by atoms with van der Waals surface area (Å²) >= 11 is 0. The Balaban J connectivity index is 2.17. The molecular formula is C17H19FO2S. The highest BCUT2D eigenvalue weighted by Gasteiger charge is 2.18. The molecule has 4 heteroatoms. The van der Waals surface area contributed by atoms with Gasteiger partial charge in [-0.15, -0.1) is 0 Å². The molecular weight excluding hydrogens is 287 g/mol. The Labute approximate surface area is 127 Å². The minimum Gasteiger partial charge on any atom is -0.494 e. The van der Waals surface area contributed by atoms with Crippen LogP contribution in [-0.4, -0.2) is 10.8 Å². The first-order valence-corrected chi connectivity index (χ1v) is 8.34. The molecule has 0 spiro atoms. The smallest absolute Gasteiger partial charge is 0.127 e. The van der Waals surface area contributed by atoms with Crippen molar-refractivity contribution >= 4 is 10.8 Å². The number of benzene rings is 2. The predicted octanol–water partition coefficient (Wildman–Crippen LogP) is 4.23. The van der Waals surface area contributed by atoms with Crippen LogP contribution in [0.1, 0.15) is 30.2 Å². The molecule has 2 atom stereocenters. The highest BCUT2D eigenvalue weighted by Crippen LogP contribution is 2.27. The van der Waals surface area contributed by atoms with E-state index in [0.29, 0.717) is 17.9 Å². The Bertz CT molecular complexity index is 628. The van der Waals surface area contributed by atoms with Crippen molar-refractivity contribution in [3.63, 3.8) is 0 Å². The number of hydrogen-bond acceptors (Lipinski definition) is 2. The molecule has 0 saturated carbocycles. The third-order valence-electron chi connectivity index (χ3n) is 3.31. The third-order valence-corrected chi connectivity index (χ3v) is 4.95. The lowest BCUT2D eigenvalue weighted by atomic mass is 10.1. The molecule has 0 N–H and O–H groups in total. The predicted molar refractivity (Wildman–Crippen MR) is 84.3 cm³/mol. The van der Waals surface area contributed by atoms with Gasteiger partial charge in [-0.2, -0.15) is 0 Å². The van der Waals surface area contributed by atoms with Crippen LogP contribution in [0.3, 0.4) is 0 Å². The van der Waals surface area contributed by atoms with Gasteiger partial charge in [0.25, 0.3) is 0 Å². The van der Waals surface area contributed by atoms with Crippen molar-refractivity contribution in [2.45, 2.75) is 24.9 Å². The van der Waals surface area contributed by atoms with Crippen LogP contribution in [0, 0.1) is 5.82 Å². The van der Waals surface area contributed by atoms with Gasteiger partial charge in [0.05, 0.1) is 17.6 Å². The van der Waals surface area contributed by atoms with E-state index in [-0.39, 0.29) is 11.1 Å². The summed E-state index contributed by atoms with van der Waals surface area (Å²) in [6.07, 6.45) is 0. The average Bonchev–Trinajstić information content (AvgIpc) is 2.49. The second-order valence-corrected chi connectivity index (χ2v) is 6.49. The molecule has 0 saturated heterocycles. The van der Waals surface area contributed by atoms with Crippen molar-refractivity contribution in [1.29, 1.82) is 0 Å². The maximum atomic E-state index is 13.8. The molecule has 0 unspecified atom stereocenters. The normalized spacial score (nSPS) is 13.7. The van der Waals surface area contributed by atoms with E-state index in [0.717, 1.165) is 11.3 Å². The molecule has 0 aliphatic heterocycles. The molecule has 0 fully saturated rings. The van der Waals surface area contributed by atoms with Gasteiger partial charge in [-0.25, -0.2) is 4.39 Å². The number of para-hydroxylation sites is 1. The topological polar surface area (TPSA) is 26.3 Å². The first-order chi connectivity index (χ1) is 10.1. The molecule has 112 valence electrons. The third kappa shape index (κ3) is 3.91. The van der Waals surface area contributed by atoms with E-state index in [1.807, 2.05) is 31.2 Å². The van der Waals surface area contributed by atoms with Gasteiger partial charge in [0.15, 0.2) is 0 Å². The van der Waals surface area contributed by atoms with Crippen molar-refractivity contribution in [2.75, 3.05) is 6.61 Å². The van der Waals surface area contributed by atoms with Gasteiger partial charge in [-0.05, 0) is 26.0 Å². The van der Waals surface area contributed by atoms with Gasteiger partial charge < -0.3 is 4.74 Å². The number of rotatable bonds is 6. The Hall–Kier alpha value is -1.68. The zero-order chi connectivity index (χ0) is 15.2. The largest absolute Gasteiger partial charge is 0.494 e. The van der Waals surface area contributed by atoms with E-state index < -0.39 is 10.8 Å². The summed E-state index contributed by atoms with van der Waals surface area (Å²) in [5, 5.41) is -0.360. The second kappa shape index (κ2) is 7.36. The fourth-order valence-electron chi connectivity index (χ4n) is 2.14. The fourth-order valence-corrected chi connectivity index (χ4v) is 3.41. The second-order valence-electron chi connectivity index (χ2n) is 4.73. The molecule has 0 heterocycles. The van der Waals surface area contributed by atoms with Gasteiger partial charge in [-0.1, -0.05) is 36.4 Å². The Morgan fingerprint density at radius 1 is 1.14 bits per heavy atom. The molecule has 0 aliphatic carbocycles. The van der Waals surface area contributed by atoms with Gasteiger partial charge in [-0.3, -0.25) is 4.21 Å². The van der Waals surface area contributed by atoms with Gasteiger partial charge in [0, 0.05) is 21.9 Å². The van der Waals surface area contributed by atoms with Crippen LogP contribution in [0.15, 0.2) is 48.5 Å². The lowest BCUT2D eigenvalue weighted by Gasteiger charge is -2.15. The first-order valence-electron chi connectivity index (χ1n) is 6.95. The summed E-state index contributed by atoms with van der Waals surface area (Å²) in [6, 6.07) is 14.0. The Kier molecular flexibility index (Phi) is 5.51.